The van der Waals surface area contributed by atoms with Crippen LogP contribution in [0, 0.1) is 46.3 Å². The van der Waals surface area contributed by atoms with Crippen LogP contribution in [0.4, 0.5) is 0 Å². The zero-order valence-corrected chi connectivity index (χ0v) is 20.7. The molecule has 4 aliphatic carbocycles. The molecule has 0 aromatic rings. The monoisotopic (exact) mass is 398 g/mol. The predicted octanol–water partition coefficient (Wildman–Crippen LogP) is 9.20. The Morgan fingerprint density at radius 3 is 2.41 bits per heavy atom. The molecule has 4 aliphatic rings. The van der Waals surface area contributed by atoms with Crippen molar-refractivity contribution in [2.24, 2.45) is 46.3 Å². The Kier molecular flexibility index (Phi) is 6.32. The van der Waals surface area contributed by atoms with Crippen molar-refractivity contribution >= 4 is 0 Å². The summed E-state index contributed by atoms with van der Waals surface area (Å²) in [5, 5.41) is 0. The van der Waals surface area contributed by atoms with E-state index in [-0.39, 0.29) is 0 Å². The van der Waals surface area contributed by atoms with Crippen LogP contribution in [-0.2, 0) is 0 Å². The van der Waals surface area contributed by atoms with Gasteiger partial charge in [-0.3, -0.25) is 0 Å². The Hall–Kier alpha value is -0.260. The van der Waals surface area contributed by atoms with E-state index in [0.29, 0.717) is 10.8 Å². The van der Waals surface area contributed by atoms with Crippen molar-refractivity contribution in [1.82, 2.24) is 0 Å². The Balaban J connectivity index is 1.52. The third-order valence-electron chi connectivity index (χ3n) is 11.1. The summed E-state index contributed by atoms with van der Waals surface area (Å²) in [5.74, 6) is 5.63. The SMILES string of the molecule is CC[C@H](CC[C@@H](C)[C@H]1CCC2=C3CC[C@H]4CCCC[C@]4(C)[C@H]3CC[C@@]21C)C(C)C. The Morgan fingerprint density at radius 2 is 1.69 bits per heavy atom. The minimum Gasteiger partial charge on any atom is -0.0668 e. The minimum absolute atomic E-state index is 0.544. The van der Waals surface area contributed by atoms with E-state index >= 15 is 0 Å². The van der Waals surface area contributed by atoms with Gasteiger partial charge in [0.2, 0.25) is 0 Å². The summed E-state index contributed by atoms with van der Waals surface area (Å²) in [6.45, 7) is 15.3. The van der Waals surface area contributed by atoms with E-state index in [1.54, 1.807) is 0 Å². The second-order valence-corrected chi connectivity index (χ2v) is 12.6. The number of allylic oxidation sites excluding steroid dienone is 2. The van der Waals surface area contributed by atoms with E-state index in [0.717, 1.165) is 35.5 Å². The van der Waals surface area contributed by atoms with Gasteiger partial charge in [0.15, 0.2) is 0 Å². The van der Waals surface area contributed by atoms with Crippen molar-refractivity contribution < 1.29 is 0 Å². The molecule has 0 bridgehead atoms. The van der Waals surface area contributed by atoms with Crippen LogP contribution in [0.15, 0.2) is 11.1 Å². The van der Waals surface area contributed by atoms with Gasteiger partial charge in [-0.2, -0.15) is 0 Å². The van der Waals surface area contributed by atoms with E-state index in [9.17, 15) is 0 Å². The normalized spacial score (nSPS) is 41.7. The van der Waals surface area contributed by atoms with Crippen LogP contribution < -0.4 is 0 Å². The highest BCUT2D eigenvalue weighted by molar-refractivity contribution is 5.34. The first-order chi connectivity index (χ1) is 13.8. The molecule has 0 heterocycles. The van der Waals surface area contributed by atoms with Gasteiger partial charge in [-0.1, -0.05) is 78.4 Å². The maximum atomic E-state index is 2.70. The van der Waals surface area contributed by atoms with Crippen LogP contribution in [0.2, 0.25) is 0 Å². The van der Waals surface area contributed by atoms with Crippen LogP contribution in [0.25, 0.3) is 0 Å². The summed E-state index contributed by atoms with van der Waals surface area (Å²) < 4.78 is 0. The van der Waals surface area contributed by atoms with Gasteiger partial charge in [0.25, 0.3) is 0 Å². The third kappa shape index (κ3) is 3.67. The van der Waals surface area contributed by atoms with E-state index in [4.69, 9.17) is 0 Å². The number of hydrogen-bond acceptors (Lipinski definition) is 0. The first-order valence-electron chi connectivity index (χ1n) is 13.5. The Morgan fingerprint density at radius 1 is 0.897 bits per heavy atom. The van der Waals surface area contributed by atoms with Crippen LogP contribution in [0.3, 0.4) is 0 Å². The van der Waals surface area contributed by atoms with Crippen molar-refractivity contribution in [2.75, 3.05) is 0 Å². The Bertz CT molecular complexity index is 612. The zero-order valence-electron chi connectivity index (χ0n) is 20.7. The summed E-state index contributed by atoms with van der Waals surface area (Å²) in [5.41, 5.74) is 5.19. The summed E-state index contributed by atoms with van der Waals surface area (Å²) in [6, 6.07) is 0. The summed E-state index contributed by atoms with van der Waals surface area (Å²) >= 11 is 0. The third-order valence-corrected chi connectivity index (χ3v) is 11.1. The van der Waals surface area contributed by atoms with Crippen LogP contribution in [0.5, 0.6) is 0 Å². The second kappa shape index (κ2) is 8.35. The van der Waals surface area contributed by atoms with Crippen LogP contribution in [-0.4, -0.2) is 0 Å². The molecular weight excluding hydrogens is 348 g/mol. The molecule has 166 valence electrons. The molecule has 0 N–H and O–H groups in total. The molecule has 4 rings (SSSR count). The van der Waals surface area contributed by atoms with E-state index in [1.807, 2.05) is 11.1 Å². The molecule has 29 heavy (non-hydrogen) atoms. The molecule has 0 saturated heterocycles. The first kappa shape index (κ1) is 22.0. The first-order valence-corrected chi connectivity index (χ1v) is 13.5. The lowest BCUT2D eigenvalue weighted by Crippen LogP contribution is -2.46. The lowest BCUT2D eigenvalue weighted by Gasteiger charge is -2.56. The molecule has 0 aliphatic heterocycles. The van der Waals surface area contributed by atoms with E-state index in [1.165, 1.54) is 83.5 Å². The molecule has 0 spiro atoms. The summed E-state index contributed by atoms with van der Waals surface area (Å²) in [4.78, 5) is 0. The van der Waals surface area contributed by atoms with Gasteiger partial charge >= 0.3 is 0 Å². The smallest absolute Gasteiger partial charge is 0.00825 e. The molecule has 0 radical (unpaired) electrons. The predicted molar refractivity (Wildman–Crippen MR) is 127 cm³/mol. The largest absolute Gasteiger partial charge is 0.0668 e. The van der Waals surface area contributed by atoms with Crippen LogP contribution >= 0.6 is 0 Å². The number of rotatable bonds is 6. The number of fused-ring (bicyclic) bond motifs is 4. The average molecular weight is 399 g/mol. The maximum absolute atomic E-state index is 2.70. The molecular formula is C29H50. The lowest BCUT2D eigenvalue weighted by molar-refractivity contribution is 0.00919. The van der Waals surface area contributed by atoms with Crippen molar-refractivity contribution in [3.8, 4) is 0 Å². The lowest BCUT2D eigenvalue weighted by atomic mass is 9.49. The summed E-state index contributed by atoms with van der Waals surface area (Å²) in [6.07, 6.45) is 19.2. The highest BCUT2D eigenvalue weighted by atomic mass is 14.6. The van der Waals surface area contributed by atoms with Gasteiger partial charge in [0.1, 0.15) is 0 Å². The van der Waals surface area contributed by atoms with Gasteiger partial charge < -0.3 is 0 Å². The zero-order chi connectivity index (χ0) is 20.8. The summed E-state index contributed by atoms with van der Waals surface area (Å²) in [7, 11) is 0. The minimum atomic E-state index is 0.544. The van der Waals surface area contributed by atoms with Gasteiger partial charge in [0, 0.05) is 0 Å². The highest BCUT2D eigenvalue weighted by Crippen LogP contribution is 2.65. The topological polar surface area (TPSA) is 0 Å². The fourth-order valence-electron chi connectivity index (χ4n) is 9.17. The molecule has 7 atom stereocenters. The van der Waals surface area contributed by atoms with Crippen molar-refractivity contribution in [3.05, 3.63) is 11.1 Å². The van der Waals surface area contributed by atoms with Gasteiger partial charge in [0.05, 0.1) is 0 Å². The van der Waals surface area contributed by atoms with E-state index in [2.05, 4.69) is 41.5 Å². The molecule has 0 aromatic heterocycles. The quantitative estimate of drug-likeness (QED) is 0.391. The average Bonchev–Trinajstić information content (AvgIpc) is 3.05. The van der Waals surface area contributed by atoms with Crippen molar-refractivity contribution in [2.45, 2.75) is 125 Å². The molecule has 0 nitrogen and oxygen atoms in total. The molecule has 0 aromatic carbocycles. The molecule has 3 fully saturated rings. The molecule has 3 saturated carbocycles. The van der Waals surface area contributed by atoms with Gasteiger partial charge in [-0.05, 0) is 104 Å². The van der Waals surface area contributed by atoms with Gasteiger partial charge in [-0.25, -0.2) is 0 Å². The Labute approximate surface area is 182 Å². The van der Waals surface area contributed by atoms with Crippen LogP contribution in [0.1, 0.15) is 125 Å². The molecule has 0 amide bonds. The van der Waals surface area contributed by atoms with Gasteiger partial charge in [-0.15, -0.1) is 0 Å². The second-order valence-electron chi connectivity index (χ2n) is 12.6. The fraction of sp³-hybridized carbons (Fsp3) is 0.931. The van der Waals surface area contributed by atoms with E-state index < -0.39 is 0 Å². The highest BCUT2D eigenvalue weighted by Gasteiger charge is 2.54. The van der Waals surface area contributed by atoms with Crippen molar-refractivity contribution in [3.63, 3.8) is 0 Å². The fourth-order valence-corrected chi connectivity index (χ4v) is 9.17. The molecule has 0 unspecified atom stereocenters. The molecule has 0 heteroatoms. The van der Waals surface area contributed by atoms with Crippen molar-refractivity contribution in [1.29, 1.82) is 0 Å². The number of hydrogen-bond donors (Lipinski definition) is 0. The maximum Gasteiger partial charge on any atom is -0.00825 e. The standard InChI is InChI=1S/C29H50/c1-7-22(20(2)3)12-11-21(4)25-15-16-26-24-14-13-23-10-8-9-18-28(23,5)27(24)17-19-29(25,26)6/h20-23,25,27H,7-19H2,1-6H3/t21-,22-,23-,25-,27+,28+,29-/m1/s1.